The van der Waals surface area contributed by atoms with E-state index in [9.17, 15) is 8.42 Å². The fourth-order valence-corrected chi connectivity index (χ4v) is 3.75. The van der Waals surface area contributed by atoms with Gasteiger partial charge in [-0.2, -0.15) is 0 Å². The van der Waals surface area contributed by atoms with Crippen LogP contribution in [0.2, 0.25) is 0 Å². The number of para-hydroxylation sites is 1. The predicted octanol–water partition coefficient (Wildman–Crippen LogP) is 2.14. The third-order valence-corrected chi connectivity index (χ3v) is 5.00. The van der Waals surface area contributed by atoms with Crippen molar-refractivity contribution in [1.29, 1.82) is 0 Å². The van der Waals surface area contributed by atoms with Gasteiger partial charge in [0.25, 0.3) is 0 Å². The van der Waals surface area contributed by atoms with Crippen molar-refractivity contribution in [3.63, 3.8) is 0 Å². The first-order valence-corrected chi connectivity index (χ1v) is 8.77. The molecule has 1 aliphatic heterocycles. The van der Waals surface area contributed by atoms with Crippen LogP contribution in [0.25, 0.3) is 0 Å². The highest BCUT2D eigenvalue weighted by Gasteiger charge is 2.29. The van der Waals surface area contributed by atoms with Gasteiger partial charge in [-0.05, 0) is 33.3 Å². The lowest BCUT2D eigenvalue weighted by atomic mass is 10.1. The van der Waals surface area contributed by atoms with Crippen molar-refractivity contribution in [3.05, 3.63) is 29.8 Å². The Morgan fingerprint density at radius 2 is 2.00 bits per heavy atom. The molecular formula is C15H23NO3S. The first-order chi connectivity index (χ1) is 9.25. The highest BCUT2D eigenvalue weighted by atomic mass is 32.2. The number of sulfone groups is 1. The Balaban J connectivity index is 2.05. The highest BCUT2D eigenvalue weighted by Crippen LogP contribution is 2.24. The molecule has 1 unspecified atom stereocenters. The van der Waals surface area contributed by atoms with E-state index in [1.807, 2.05) is 24.3 Å². The minimum atomic E-state index is -2.90. The molecular weight excluding hydrogens is 274 g/mol. The zero-order chi connectivity index (χ0) is 14.8. The van der Waals surface area contributed by atoms with Crippen molar-refractivity contribution in [1.82, 2.24) is 5.32 Å². The Hall–Kier alpha value is -1.07. The van der Waals surface area contributed by atoms with E-state index in [2.05, 4.69) is 26.1 Å². The standard InChI is InChI=1S/C15H23NO3S/c1-15(2,3)16-10-12-6-4-5-7-14(12)19-13-8-9-20(17,18)11-13/h4-7,13,16H,8-11H2,1-3H3. The Labute approximate surface area is 121 Å². The minimum absolute atomic E-state index is 0.0316. The van der Waals surface area contributed by atoms with Crippen LogP contribution in [0.15, 0.2) is 24.3 Å². The number of benzene rings is 1. The molecule has 0 aliphatic carbocycles. The molecule has 1 aromatic rings. The molecule has 1 aromatic carbocycles. The smallest absolute Gasteiger partial charge is 0.154 e. The van der Waals surface area contributed by atoms with Gasteiger partial charge in [0.05, 0.1) is 11.5 Å². The summed E-state index contributed by atoms with van der Waals surface area (Å²) < 4.78 is 28.8. The second-order valence-corrected chi connectivity index (χ2v) is 8.58. The van der Waals surface area contributed by atoms with Gasteiger partial charge in [0.1, 0.15) is 11.9 Å². The summed E-state index contributed by atoms with van der Waals surface area (Å²) in [5, 5.41) is 3.42. The first kappa shape index (κ1) is 15.3. The molecule has 0 radical (unpaired) electrons. The number of hydrogen-bond acceptors (Lipinski definition) is 4. The maximum atomic E-state index is 11.5. The molecule has 1 aliphatic rings. The second kappa shape index (κ2) is 5.74. The van der Waals surface area contributed by atoms with Crippen LogP contribution in [0.5, 0.6) is 5.75 Å². The van der Waals surface area contributed by atoms with Crippen LogP contribution >= 0.6 is 0 Å². The summed E-state index contributed by atoms with van der Waals surface area (Å²) in [4.78, 5) is 0. The average Bonchev–Trinajstić information content (AvgIpc) is 2.66. The van der Waals surface area contributed by atoms with Gasteiger partial charge < -0.3 is 10.1 Å². The van der Waals surface area contributed by atoms with Crippen molar-refractivity contribution < 1.29 is 13.2 Å². The van der Waals surface area contributed by atoms with Crippen molar-refractivity contribution in [2.45, 2.75) is 45.4 Å². The van der Waals surface area contributed by atoms with E-state index in [0.717, 1.165) is 11.3 Å². The summed E-state index contributed by atoms with van der Waals surface area (Å²) in [7, 11) is -2.90. The summed E-state index contributed by atoms with van der Waals surface area (Å²) in [6.07, 6.45) is 0.374. The Morgan fingerprint density at radius 3 is 2.60 bits per heavy atom. The average molecular weight is 297 g/mol. The monoisotopic (exact) mass is 297 g/mol. The van der Waals surface area contributed by atoms with Crippen molar-refractivity contribution in [2.24, 2.45) is 0 Å². The molecule has 1 N–H and O–H groups in total. The fourth-order valence-electron chi connectivity index (χ4n) is 2.16. The SMILES string of the molecule is CC(C)(C)NCc1ccccc1OC1CCS(=O)(=O)C1. The maximum Gasteiger partial charge on any atom is 0.154 e. The molecule has 0 spiro atoms. The number of ether oxygens (including phenoxy) is 1. The summed E-state index contributed by atoms with van der Waals surface area (Å²) >= 11 is 0. The quantitative estimate of drug-likeness (QED) is 0.925. The van der Waals surface area contributed by atoms with Crippen LogP contribution in [-0.2, 0) is 16.4 Å². The van der Waals surface area contributed by atoms with Crippen molar-refractivity contribution in [2.75, 3.05) is 11.5 Å². The summed E-state index contributed by atoms with van der Waals surface area (Å²) in [5.41, 5.74) is 1.09. The lowest BCUT2D eigenvalue weighted by molar-refractivity contribution is 0.225. The van der Waals surface area contributed by atoms with Gasteiger partial charge in [0, 0.05) is 17.6 Å². The summed E-state index contributed by atoms with van der Waals surface area (Å²) in [5.74, 6) is 1.15. The Morgan fingerprint density at radius 1 is 1.30 bits per heavy atom. The molecule has 0 aromatic heterocycles. The van der Waals surface area contributed by atoms with E-state index in [0.29, 0.717) is 13.0 Å². The van der Waals surface area contributed by atoms with E-state index in [4.69, 9.17) is 4.74 Å². The summed E-state index contributed by atoms with van der Waals surface area (Å²) in [6.45, 7) is 7.04. The molecule has 2 rings (SSSR count). The molecule has 4 nitrogen and oxygen atoms in total. The molecule has 0 saturated carbocycles. The number of hydrogen-bond donors (Lipinski definition) is 1. The third-order valence-electron chi connectivity index (χ3n) is 3.27. The van der Waals surface area contributed by atoms with Crippen LogP contribution < -0.4 is 10.1 Å². The second-order valence-electron chi connectivity index (χ2n) is 6.35. The third kappa shape index (κ3) is 4.49. The van der Waals surface area contributed by atoms with Crippen LogP contribution in [0.3, 0.4) is 0 Å². The molecule has 0 amide bonds. The van der Waals surface area contributed by atoms with E-state index >= 15 is 0 Å². The zero-order valence-corrected chi connectivity index (χ0v) is 13.2. The zero-order valence-electron chi connectivity index (χ0n) is 12.3. The van der Waals surface area contributed by atoms with Gasteiger partial charge in [-0.1, -0.05) is 18.2 Å². The fraction of sp³-hybridized carbons (Fsp3) is 0.600. The molecule has 0 bridgehead atoms. The predicted molar refractivity (Wildman–Crippen MR) is 80.7 cm³/mol. The van der Waals surface area contributed by atoms with E-state index in [-0.39, 0.29) is 23.1 Å². The lowest BCUT2D eigenvalue weighted by Crippen LogP contribution is -2.35. The van der Waals surface area contributed by atoms with E-state index in [1.165, 1.54) is 0 Å². The van der Waals surface area contributed by atoms with Gasteiger partial charge in [-0.15, -0.1) is 0 Å². The molecule has 5 heteroatoms. The van der Waals surface area contributed by atoms with Crippen LogP contribution in [0, 0.1) is 0 Å². The summed E-state index contributed by atoms with van der Waals surface area (Å²) in [6, 6.07) is 7.80. The van der Waals surface area contributed by atoms with E-state index < -0.39 is 9.84 Å². The van der Waals surface area contributed by atoms with Gasteiger partial charge in [-0.3, -0.25) is 0 Å². The Bertz CT molecular complexity index is 561. The highest BCUT2D eigenvalue weighted by molar-refractivity contribution is 7.91. The van der Waals surface area contributed by atoms with Crippen LogP contribution in [-0.4, -0.2) is 31.6 Å². The Kier molecular flexibility index (Phi) is 4.39. The molecule has 112 valence electrons. The molecule has 1 atom stereocenters. The lowest BCUT2D eigenvalue weighted by Gasteiger charge is -2.22. The van der Waals surface area contributed by atoms with Gasteiger partial charge in [0.15, 0.2) is 9.84 Å². The largest absolute Gasteiger partial charge is 0.489 e. The van der Waals surface area contributed by atoms with Crippen LogP contribution in [0.4, 0.5) is 0 Å². The van der Waals surface area contributed by atoms with Crippen molar-refractivity contribution >= 4 is 9.84 Å². The molecule has 20 heavy (non-hydrogen) atoms. The molecule has 1 fully saturated rings. The normalized spacial score (nSPS) is 21.9. The van der Waals surface area contributed by atoms with E-state index in [1.54, 1.807) is 0 Å². The van der Waals surface area contributed by atoms with Gasteiger partial charge in [-0.25, -0.2) is 8.42 Å². The maximum absolute atomic E-state index is 11.5. The molecule has 1 saturated heterocycles. The first-order valence-electron chi connectivity index (χ1n) is 6.95. The molecule has 1 heterocycles. The van der Waals surface area contributed by atoms with Gasteiger partial charge >= 0.3 is 0 Å². The van der Waals surface area contributed by atoms with Crippen molar-refractivity contribution in [3.8, 4) is 5.75 Å². The number of nitrogens with one attached hydrogen (secondary N) is 1. The van der Waals surface area contributed by atoms with Crippen LogP contribution in [0.1, 0.15) is 32.8 Å². The number of rotatable bonds is 4. The minimum Gasteiger partial charge on any atom is -0.489 e. The van der Waals surface area contributed by atoms with Gasteiger partial charge in [0.2, 0.25) is 0 Å². The topological polar surface area (TPSA) is 55.4 Å².